The Hall–Kier alpha value is -3.27. The number of hydrogen-bond acceptors (Lipinski definition) is 5. The van der Waals surface area contributed by atoms with Crippen LogP contribution in [0.4, 0.5) is 4.39 Å². The molecule has 0 bridgehead atoms. The van der Waals surface area contributed by atoms with E-state index in [0.29, 0.717) is 5.56 Å². The van der Waals surface area contributed by atoms with Crippen LogP contribution in [0.1, 0.15) is 11.6 Å². The summed E-state index contributed by atoms with van der Waals surface area (Å²) >= 11 is 0. The topological polar surface area (TPSA) is 94.2 Å². The molecule has 0 saturated heterocycles. The van der Waals surface area contributed by atoms with Gasteiger partial charge in [0.05, 0.1) is 12.4 Å². The van der Waals surface area contributed by atoms with Gasteiger partial charge in [-0.3, -0.25) is 14.2 Å². The van der Waals surface area contributed by atoms with Gasteiger partial charge in [0, 0.05) is 20.6 Å². The third-order valence-electron chi connectivity index (χ3n) is 4.85. The zero-order chi connectivity index (χ0) is 21.3. The second-order valence-corrected chi connectivity index (χ2v) is 7.10. The molecule has 0 aliphatic rings. The lowest BCUT2D eigenvalue weighted by molar-refractivity contribution is -0.122. The SMILES string of the molecule is CN(C)C(CNC(=O)Cn1c(=O)c2c(ncn2C)n(C)c1=O)c1cccc(F)c1. The van der Waals surface area contributed by atoms with Crippen LogP contribution < -0.4 is 16.6 Å². The minimum atomic E-state index is -0.620. The fourth-order valence-electron chi connectivity index (χ4n) is 3.26. The molecule has 0 radical (unpaired) electrons. The maximum Gasteiger partial charge on any atom is 0.332 e. The normalized spacial score (nSPS) is 12.5. The molecule has 1 atom stereocenters. The van der Waals surface area contributed by atoms with Crippen LogP contribution in [0.3, 0.4) is 0 Å². The number of aromatic nitrogens is 4. The molecule has 1 N–H and O–H groups in total. The van der Waals surface area contributed by atoms with Gasteiger partial charge in [0.2, 0.25) is 5.91 Å². The summed E-state index contributed by atoms with van der Waals surface area (Å²) in [5.74, 6) is -0.853. The summed E-state index contributed by atoms with van der Waals surface area (Å²) < 4.78 is 17.2. The second-order valence-electron chi connectivity index (χ2n) is 7.10. The van der Waals surface area contributed by atoms with Crippen molar-refractivity contribution in [2.24, 2.45) is 14.1 Å². The molecule has 2 heterocycles. The van der Waals surface area contributed by atoms with Crippen LogP contribution in [0.5, 0.6) is 0 Å². The molecule has 2 aromatic heterocycles. The molecule has 1 amide bonds. The molecule has 9 nitrogen and oxygen atoms in total. The van der Waals surface area contributed by atoms with E-state index in [4.69, 9.17) is 0 Å². The fraction of sp³-hybridized carbons (Fsp3) is 0.368. The van der Waals surface area contributed by atoms with Gasteiger partial charge in [-0.1, -0.05) is 12.1 Å². The van der Waals surface area contributed by atoms with Gasteiger partial charge in [0.15, 0.2) is 11.2 Å². The number of nitrogens with zero attached hydrogens (tertiary/aromatic N) is 5. The van der Waals surface area contributed by atoms with Crippen LogP contribution >= 0.6 is 0 Å². The number of nitrogens with one attached hydrogen (secondary N) is 1. The summed E-state index contributed by atoms with van der Waals surface area (Å²) in [6, 6.07) is 5.87. The lowest BCUT2D eigenvalue weighted by Crippen LogP contribution is -2.44. The molecular weight excluding hydrogens is 379 g/mol. The zero-order valence-electron chi connectivity index (χ0n) is 16.7. The monoisotopic (exact) mass is 402 g/mol. The third-order valence-corrected chi connectivity index (χ3v) is 4.85. The molecule has 0 saturated carbocycles. The van der Waals surface area contributed by atoms with Gasteiger partial charge < -0.3 is 14.8 Å². The molecule has 1 unspecified atom stereocenters. The van der Waals surface area contributed by atoms with E-state index < -0.39 is 23.7 Å². The van der Waals surface area contributed by atoms with E-state index >= 15 is 0 Å². The molecule has 0 spiro atoms. The number of halogens is 1. The van der Waals surface area contributed by atoms with Crippen LogP contribution in [-0.2, 0) is 25.4 Å². The Balaban J connectivity index is 1.81. The van der Waals surface area contributed by atoms with E-state index in [1.165, 1.54) is 34.6 Å². The summed E-state index contributed by atoms with van der Waals surface area (Å²) in [7, 11) is 6.78. The maximum atomic E-state index is 13.5. The highest BCUT2D eigenvalue weighted by Gasteiger charge is 2.19. The van der Waals surface area contributed by atoms with E-state index in [0.717, 1.165) is 4.57 Å². The van der Waals surface area contributed by atoms with Crippen LogP contribution in [0.15, 0.2) is 40.2 Å². The lowest BCUT2D eigenvalue weighted by atomic mass is 10.1. The number of hydrogen-bond donors (Lipinski definition) is 1. The van der Waals surface area contributed by atoms with Crippen molar-refractivity contribution in [3.05, 3.63) is 62.8 Å². The molecule has 154 valence electrons. The van der Waals surface area contributed by atoms with Crippen molar-refractivity contribution in [3.8, 4) is 0 Å². The molecule has 3 aromatic rings. The minimum Gasteiger partial charge on any atom is -0.353 e. The van der Waals surface area contributed by atoms with Crippen molar-refractivity contribution in [1.29, 1.82) is 0 Å². The molecular formula is C19H23FN6O3. The maximum absolute atomic E-state index is 13.5. The summed E-state index contributed by atoms with van der Waals surface area (Å²) in [5, 5.41) is 2.73. The van der Waals surface area contributed by atoms with E-state index in [-0.39, 0.29) is 29.6 Å². The van der Waals surface area contributed by atoms with Gasteiger partial charge >= 0.3 is 5.69 Å². The van der Waals surface area contributed by atoms with Gasteiger partial charge in [-0.2, -0.15) is 0 Å². The number of fused-ring (bicyclic) bond motifs is 1. The van der Waals surface area contributed by atoms with E-state index in [1.54, 1.807) is 19.2 Å². The van der Waals surface area contributed by atoms with Crippen molar-refractivity contribution in [2.45, 2.75) is 12.6 Å². The highest BCUT2D eigenvalue weighted by atomic mass is 19.1. The predicted octanol–water partition coefficient (Wildman–Crippen LogP) is -0.00810. The standard InChI is InChI=1S/C19H23FN6O3/c1-23(2)14(12-6-5-7-13(20)8-12)9-21-15(27)10-26-18(28)16-17(22-11-24(16)3)25(4)19(26)29/h5-8,11,14H,9-10H2,1-4H3,(H,21,27). The van der Waals surface area contributed by atoms with Crippen LogP contribution in [0, 0.1) is 5.82 Å². The molecule has 3 rings (SSSR count). The van der Waals surface area contributed by atoms with E-state index in [9.17, 15) is 18.8 Å². The largest absolute Gasteiger partial charge is 0.353 e. The number of benzene rings is 1. The molecule has 29 heavy (non-hydrogen) atoms. The summed E-state index contributed by atoms with van der Waals surface area (Å²) in [5.41, 5.74) is 0.0154. The molecule has 0 aliphatic heterocycles. The zero-order valence-corrected chi connectivity index (χ0v) is 16.7. The Labute approximate surface area is 166 Å². The van der Waals surface area contributed by atoms with Gasteiger partial charge in [-0.15, -0.1) is 0 Å². The Kier molecular flexibility index (Phi) is 5.64. The highest BCUT2D eigenvalue weighted by Crippen LogP contribution is 2.18. The van der Waals surface area contributed by atoms with Gasteiger partial charge in [-0.25, -0.2) is 18.7 Å². The van der Waals surface area contributed by atoms with Crippen molar-refractivity contribution in [3.63, 3.8) is 0 Å². The number of imidazole rings is 1. The number of rotatable bonds is 6. The van der Waals surface area contributed by atoms with Crippen molar-refractivity contribution in [2.75, 3.05) is 20.6 Å². The van der Waals surface area contributed by atoms with Crippen molar-refractivity contribution < 1.29 is 9.18 Å². The number of amides is 1. The Morgan fingerprint density at radius 3 is 2.66 bits per heavy atom. The third kappa shape index (κ3) is 3.97. The lowest BCUT2D eigenvalue weighted by Gasteiger charge is -2.25. The van der Waals surface area contributed by atoms with Gasteiger partial charge in [0.1, 0.15) is 12.4 Å². The number of carbonyl (C=O) groups excluding carboxylic acids is 1. The predicted molar refractivity (Wildman–Crippen MR) is 106 cm³/mol. The molecule has 0 aliphatic carbocycles. The smallest absolute Gasteiger partial charge is 0.332 e. The average Bonchev–Trinajstić information content (AvgIpc) is 3.05. The summed E-state index contributed by atoms with van der Waals surface area (Å²) in [6.07, 6.45) is 1.44. The fourth-order valence-corrected chi connectivity index (χ4v) is 3.26. The first-order valence-electron chi connectivity index (χ1n) is 9.00. The van der Waals surface area contributed by atoms with Crippen molar-refractivity contribution in [1.82, 2.24) is 28.9 Å². The average molecular weight is 402 g/mol. The first-order chi connectivity index (χ1) is 13.7. The molecule has 0 fully saturated rings. The summed E-state index contributed by atoms with van der Waals surface area (Å²) in [6.45, 7) is -0.228. The molecule has 10 heteroatoms. The van der Waals surface area contributed by atoms with Gasteiger partial charge in [0.25, 0.3) is 5.56 Å². The van der Waals surface area contributed by atoms with E-state index in [1.807, 2.05) is 19.0 Å². The first kappa shape index (κ1) is 20.5. The van der Waals surface area contributed by atoms with Crippen LogP contribution in [0.25, 0.3) is 11.2 Å². The summed E-state index contributed by atoms with van der Waals surface area (Å²) in [4.78, 5) is 43.6. The Bertz CT molecular complexity index is 1180. The first-order valence-corrected chi connectivity index (χ1v) is 9.00. The Morgan fingerprint density at radius 1 is 1.28 bits per heavy atom. The highest BCUT2D eigenvalue weighted by molar-refractivity contribution is 5.76. The van der Waals surface area contributed by atoms with Crippen LogP contribution in [-0.4, -0.2) is 50.1 Å². The number of likely N-dealkylation sites (N-methyl/N-ethyl adjacent to an activating group) is 1. The van der Waals surface area contributed by atoms with Crippen LogP contribution in [0.2, 0.25) is 0 Å². The Morgan fingerprint density at radius 2 is 2.00 bits per heavy atom. The van der Waals surface area contributed by atoms with Crippen molar-refractivity contribution >= 4 is 17.1 Å². The second kappa shape index (κ2) is 8.00. The number of carbonyl (C=O) groups is 1. The van der Waals surface area contributed by atoms with Gasteiger partial charge in [-0.05, 0) is 31.8 Å². The number of aryl methyl sites for hydroxylation is 2. The molecule has 1 aromatic carbocycles. The minimum absolute atomic E-state index is 0.193. The van der Waals surface area contributed by atoms with E-state index in [2.05, 4.69) is 10.3 Å². The quantitative estimate of drug-likeness (QED) is 0.626.